The van der Waals surface area contributed by atoms with Gasteiger partial charge in [0.15, 0.2) is 0 Å². The van der Waals surface area contributed by atoms with Crippen LogP contribution < -0.4 is 16.4 Å². The van der Waals surface area contributed by atoms with Gasteiger partial charge in [0, 0.05) is 16.6 Å². The number of aromatic nitrogens is 1. The van der Waals surface area contributed by atoms with E-state index in [1.165, 1.54) is 0 Å². The Morgan fingerprint density at radius 1 is 1.06 bits per heavy atom. The highest BCUT2D eigenvalue weighted by atomic mass is 16.4. The number of benzene rings is 2. The van der Waals surface area contributed by atoms with Crippen molar-refractivity contribution in [2.45, 2.75) is 44.7 Å². The standard InChI is InChI=1S/C25H26N6O2/c1-15-8-9-20-18(12-15)19(22(32)33)14-21(28-20)16-6-5-7-17(13-16)31-24(27)29-23(26)30-25(31)10-3-2-4-11-25/h5-9,12-14H,2-4,10-11H2,1H3,(H,32,33)(H4,26,27,29,30). The first-order valence-electron chi connectivity index (χ1n) is 11.1. The molecule has 0 radical (unpaired) electrons. The van der Waals surface area contributed by atoms with E-state index in [0.717, 1.165) is 48.9 Å². The summed E-state index contributed by atoms with van der Waals surface area (Å²) < 4.78 is 0. The highest BCUT2D eigenvalue weighted by Crippen LogP contribution is 2.40. The number of fused-ring (bicyclic) bond motifs is 1. The maximum Gasteiger partial charge on any atom is 0.336 e. The number of carbonyl (C=O) groups is 1. The normalized spacial score (nSPS) is 17.7. The minimum absolute atomic E-state index is 0.208. The lowest BCUT2D eigenvalue weighted by molar-refractivity contribution is 0.0699. The van der Waals surface area contributed by atoms with E-state index in [1.807, 2.05) is 54.3 Å². The lowest BCUT2D eigenvalue weighted by Crippen LogP contribution is -2.58. The predicted molar refractivity (Wildman–Crippen MR) is 130 cm³/mol. The molecule has 1 aliphatic heterocycles. The first kappa shape index (κ1) is 20.9. The lowest BCUT2D eigenvalue weighted by atomic mass is 9.87. The molecule has 1 saturated carbocycles. The summed E-state index contributed by atoms with van der Waals surface area (Å²) in [7, 11) is 0. The van der Waals surface area contributed by atoms with Crippen molar-refractivity contribution in [3.63, 3.8) is 0 Å². The number of nitrogens with two attached hydrogens (primary N) is 2. The summed E-state index contributed by atoms with van der Waals surface area (Å²) in [6.07, 6.45) is 4.90. The van der Waals surface area contributed by atoms with Gasteiger partial charge in [-0.2, -0.15) is 4.99 Å². The summed E-state index contributed by atoms with van der Waals surface area (Å²) in [5.41, 5.74) is 15.9. The van der Waals surface area contributed by atoms with E-state index in [-0.39, 0.29) is 11.5 Å². The summed E-state index contributed by atoms with van der Waals surface area (Å²) in [6.45, 7) is 1.93. The lowest BCUT2D eigenvalue weighted by Gasteiger charge is -2.45. The zero-order valence-corrected chi connectivity index (χ0v) is 18.5. The molecule has 1 spiro atoms. The van der Waals surface area contributed by atoms with Gasteiger partial charge >= 0.3 is 5.97 Å². The number of carboxylic acid groups (broad SMARTS) is 1. The van der Waals surface area contributed by atoms with E-state index < -0.39 is 11.6 Å². The molecule has 0 atom stereocenters. The molecule has 8 heteroatoms. The molecule has 2 aliphatic rings. The Morgan fingerprint density at radius 2 is 1.85 bits per heavy atom. The second-order valence-electron chi connectivity index (χ2n) is 8.75. The summed E-state index contributed by atoms with van der Waals surface area (Å²) in [5.74, 6) is -0.460. The van der Waals surface area contributed by atoms with Gasteiger partial charge < -0.3 is 16.6 Å². The Hall–Kier alpha value is -3.94. The van der Waals surface area contributed by atoms with Gasteiger partial charge in [-0.25, -0.2) is 14.8 Å². The van der Waals surface area contributed by atoms with E-state index in [1.54, 1.807) is 6.07 Å². The van der Waals surface area contributed by atoms with Crippen LogP contribution in [0.15, 0.2) is 58.5 Å². The van der Waals surface area contributed by atoms with Crippen molar-refractivity contribution in [3.05, 3.63) is 59.7 Å². The summed E-state index contributed by atoms with van der Waals surface area (Å²) in [4.78, 5) is 27.7. The van der Waals surface area contributed by atoms with Crippen LogP contribution in [0.2, 0.25) is 0 Å². The fraction of sp³-hybridized carbons (Fsp3) is 0.280. The largest absolute Gasteiger partial charge is 0.478 e. The van der Waals surface area contributed by atoms with Crippen LogP contribution in [0.3, 0.4) is 0 Å². The topological polar surface area (TPSA) is 130 Å². The van der Waals surface area contributed by atoms with Gasteiger partial charge in [-0.1, -0.05) is 30.2 Å². The van der Waals surface area contributed by atoms with E-state index in [4.69, 9.17) is 21.4 Å². The molecule has 33 heavy (non-hydrogen) atoms. The van der Waals surface area contributed by atoms with Crippen molar-refractivity contribution in [1.29, 1.82) is 0 Å². The van der Waals surface area contributed by atoms with Crippen molar-refractivity contribution in [2.75, 3.05) is 4.90 Å². The van der Waals surface area contributed by atoms with Crippen molar-refractivity contribution < 1.29 is 9.90 Å². The Balaban J connectivity index is 1.63. The first-order chi connectivity index (χ1) is 15.9. The summed E-state index contributed by atoms with van der Waals surface area (Å²) >= 11 is 0. The monoisotopic (exact) mass is 442 g/mol. The maximum absolute atomic E-state index is 12.0. The van der Waals surface area contributed by atoms with Crippen LogP contribution in [0.25, 0.3) is 22.2 Å². The summed E-state index contributed by atoms with van der Waals surface area (Å²) in [5, 5.41) is 10.5. The zero-order valence-electron chi connectivity index (χ0n) is 18.5. The highest BCUT2D eigenvalue weighted by molar-refractivity contribution is 6.06. The minimum atomic E-state index is -0.983. The molecule has 8 nitrogen and oxygen atoms in total. The molecule has 5 N–H and O–H groups in total. The van der Waals surface area contributed by atoms with E-state index in [9.17, 15) is 9.90 Å². The van der Waals surface area contributed by atoms with Gasteiger partial charge in [-0.05, 0) is 62.9 Å². The van der Waals surface area contributed by atoms with Gasteiger partial charge in [-0.3, -0.25) is 4.90 Å². The number of anilines is 1. The Bertz CT molecular complexity index is 1320. The van der Waals surface area contributed by atoms with Crippen molar-refractivity contribution in [1.82, 2.24) is 4.98 Å². The molecule has 1 fully saturated rings. The molecular weight excluding hydrogens is 416 g/mol. The number of aliphatic imine (C=N–C) groups is 2. The number of pyridine rings is 1. The molecule has 0 bridgehead atoms. The van der Waals surface area contributed by atoms with Crippen LogP contribution in [0.1, 0.15) is 48.0 Å². The van der Waals surface area contributed by atoms with Crippen LogP contribution in [-0.2, 0) is 0 Å². The third kappa shape index (κ3) is 3.67. The first-order valence-corrected chi connectivity index (χ1v) is 11.1. The number of hydrogen-bond acceptors (Lipinski definition) is 7. The molecule has 1 aliphatic carbocycles. The fourth-order valence-electron chi connectivity index (χ4n) is 4.96. The van der Waals surface area contributed by atoms with Gasteiger partial charge in [0.2, 0.25) is 11.9 Å². The zero-order chi connectivity index (χ0) is 23.2. The quantitative estimate of drug-likeness (QED) is 0.562. The fourth-order valence-corrected chi connectivity index (χ4v) is 4.96. The van der Waals surface area contributed by atoms with Crippen LogP contribution in [0.5, 0.6) is 0 Å². The number of hydrogen-bond donors (Lipinski definition) is 3. The average Bonchev–Trinajstić information content (AvgIpc) is 2.78. The van der Waals surface area contributed by atoms with Gasteiger partial charge in [0.1, 0.15) is 5.66 Å². The molecule has 3 aromatic rings. The Kier molecular flexibility index (Phi) is 5.00. The van der Waals surface area contributed by atoms with Gasteiger partial charge in [0.25, 0.3) is 0 Å². The van der Waals surface area contributed by atoms with E-state index >= 15 is 0 Å². The number of nitrogens with zero attached hydrogens (tertiary/aromatic N) is 4. The third-order valence-corrected chi connectivity index (χ3v) is 6.45. The third-order valence-electron chi connectivity index (χ3n) is 6.45. The molecule has 2 heterocycles. The molecule has 0 saturated heterocycles. The van der Waals surface area contributed by atoms with Gasteiger partial charge in [0.05, 0.1) is 16.8 Å². The second kappa shape index (κ2) is 7.88. The molecule has 0 unspecified atom stereocenters. The molecule has 0 amide bonds. The predicted octanol–water partition coefficient (Wildman–Crippen LogP) is 4.02. The van der Waals surface area contributed by atoms with Gasteiger partial charge in [-0.15, -0.1) is 0 Å². The highest BCUT2D eigenvalue weighted by Gasteiger charge is 2.42. The smallest absolute Gasteiger partial charge is 0.336 e. The number of carboxylic acids is 1. The number of guanidine groups is 2. The average molecular weight is 443 g/mol. The molecule has 168 valence electrons. The van der Waals surface area contributed by atoms with Crippen LogP contribution in [0, 0.1) is 6.92 Å². The van der Waals surface area contributed by atoms with Crippen LogP contribution in [-0.4, -0.2) is 33.6 Å². The number of aryl methyl sites for hydroxylation is 1. The summed E-state index contributed by atoms with van der Waals surface area (Å²) in [6, 6.07) is 15.0. The van der Waals surface area contributed by atoms with E-state index in [2.05, 4.69) is 4.99 Å². The minimum Gasteiger partial charge on any atom is -0.478 e. The molecular formula is C25H26N6O2. The second-order valence-corrected chi connectivity index (χ2v) is 8.75. The maximum atomic E-state index is 12.0. The Labute approximate surface area is 191 Å². The number of rotatable bonds is 3. The van der Waals surface area contributed by atoms with Crippen molar-refractivity contribution in [3.8, 4) is 11.3 Å². The van der Waals surface area contributed by atoms with Crippen LogP contribution in [0.4, 0.5) is 5.69 Å². The Morgan fingerprint density at radius 3 is 2.61 bits per heavy atom. The molecule has 2 aromatic carbocycles. The van der Waals surface area contributed by atoms with Crippen LogP contribution >= 0.6 is 0 Å². The van der Waals surface area contributed by atoms with Crippen molar-refractivity contribution in [2.24, 2.45) is 21.5 Å². The van der Waals surface area contributed by atoms with Crippen molar-refractivity contribution >= 4 is 34.5 Å². The molecule has 5 rings (SSSR count). The van der Waals surface area contributed by atoms with E-state index in [0.29, 0.717) is 22.6 Å². The SMILES string of the molecule is Cc1ccc2nc(-c3cccc(N4C(N)=NC(N)=NC45CCCCC5)c3)cc(C(=O)O)c2c1. The number of aromatic carboxylic acids is 1. The molecule has 1 aromatic heterocycles.